The predicted octanol–water partition coefficient (Wildman–Crippen LogP) is 4.42. The van der Waals surface area contributed by atoms with Crippen LogP contribution in [0.4, 0.5) is 10.5 Å². The maximum atomic E-state index is 12.7. The molecule has 0 saturated carbocycles. The van der Waals surface area contributed by atoms with Gasteiger partial charge in [-0.3, -0.25) is 4.90 Å². The van der Waals surface area contributed by atoms with Crippen molar-refractivity contribution in [3.8, 4) is 5.75 Å². The number of urea groups is 1. The Bertz CT molecular complexity index is 790. The molecular formula is C18H17ClN2O2. The number of anilines is 1. The zero-order valence-corrected chi connectivity index (χ0v) is 13.7. The Labute approximate surface area is 140 Å². The zero-order chi connectivity index (χ0) is 16.2. The lowest BCUT2D eigenvalue weighted by Gasteiger charge is -2.50. The fourth-order valence-electron chi connectivity index (χ4n) is 3.43. The quantitative estimate of drug-likeness (QED) is 0.842. The second-order valence-corrected chi connectivity index (χ2v) is 6.77. The van der Waals surface area contributed by atoms with Gasteiger partial charge in [-0.25, -0.2) is 4.79 Å². The molecule has 4 nitrogen and oxygen atoms in total. The van der Waals surface area contributed by atoms with Gasteiger partial charge in [-0.1, -0.05) is 29.3 Å². The molecule has 0 spiro atoms. The molecule has 1 fully saturated rings. The maximum absolute atomic E-state index is 12.7. The van der Waals surface area contributed by atoms with E-state index in [1.165, 1.54) is 0 Å². The lowest BCUT2D eigenvalue weighted by atomic mass is 9.90. The van der Waals surface area contributed by atoms with Crippen LogP contribution in [0.1, 0.15) is 30.5 Å². The van der Waals surface area contributed by atoms with Crippen molar-refractivity contribution in [3.05, 3.63) is 58.6 Å². The van der Waals surface area contributed by atoms with Crippen molar-refractivity contribution < 1.29 is 9.53 Å². The topological polar surface area (TPSA) is 41.6 Å². The van der Waals surface area contributed by atoms with E-state index < -0.39 is 5.72 Å². The Morgan fingerprint density at radius 3 is 2.74 bits per heavy atom. The number of halogens is 1. The molecule has 5 heteroatoms. The molecule has 1 saturated heterocycles. The third-order valence-electron chi connectivity index (χ3n) is 4.53. The fraction of sp³-hybridized carbons (Fsp3) is 0.278. The first-order chi connectivity index (χ1) is 11.0. The Morgan fingerprint density at radius 2 is 2.00 bits per heavy atom. The fourth-order valence-corrected chi connectivity index (χ4v) is 3.61. The molecule has 0 unspecified atom stereocenters. The predicted molar refractivity (Wildman–Crippen MR) is 90.0 cm³/mol. The van der Waals surface area contributed by atoms with Gasteiger partial charge in [0.15, 0.2) is 5.72 Å². The van der Waals surface area contributed by atoms with Gasteiger partial charge < -0.3 is 10.1 Å². The lowest BCUT2D eigenvalue weighted by Crippen LogP contribution is -2.65. The highest BCUT2D eigenvalue weighted by Crippen LogP contribution is 2.46. The van der Waals surface area contributed by atoms with Gasteiger partial charge in [-0.05, 0) is 44.2 Å². The van der Waals surface area contributed by atoms with E-state index in [2.05, 4.69) is 5.32 Å². The van der Waals surface area contributed by atoms with E-state index in [0.717, 1.165) is 22.6 Å². The van der Waals surface area contributed by atoms with Crippen LogP contribution in [0.3, 0.4) is 0 Å². The summed E-state index contributed by atoms with van der Waals surface area (Å²) in [5.41, 5.74) is 2.19. The van der Waals surface area contributed by atoms with E-state index in [-0.39, 0.29) is 12.1 Å². The van der Waals surface area contributed by atoms with E-state index in [9.17, 15) is 4.79 Å². The molecule has 1 N–H and O–H groups in total. The third kappa shape index (κ3) is 2.25. The molecule has 2 atom stereocenters. The average molecular weight is 329 g/mol. The monoisotopic (exact) mass is 328 g/mol. The first-order valence-electron chi connectivity index (χ1n) is 7.62. The Morgan fingerprint density at radius 1 is 1.26 bits per heavy atom. The van der Waals surface area contributed by atoms with E-state index >= 15 is 0 Å². The number of ether oxygens (including phenoxy) is 1. The highest BCUT2D eigenvalue weighted by Gasteiger charge is 2.49. The first-order valence-corrected chi connectivity index (χ1v) is 8.00. The second kappa shape index (κ2) is 4.90. The summed E-state index contributed by atoms with van der Waals surface area (Å²) in [5, 5.41) is 3.71. The summed E-state index contributed by atoms with van der Waals surface area (Å²) in [4.78, 5) is 14.4. The summed E-state index contributed by atoms with van der Waals surface area (Å²) in [6.07, 6.45) is 0.667. The van der Waals surface area contributed by atoms with Crippen molar-refractivity contribution in [3.63, 3.8) is 0 Å². The van der Waals surface area contributed by atoms with Crippen LogP contribution in [-0.4, -0.2) is 11.8 Å². The van der Waals surface area contributed by atoms with Crippen molar-refractivity contribution in [2.24, 2.45) is 0 Å². The van der Waals surface area contributed by atoms with Crippen LogP contribution in [0.25, 0.3) is 0 Å². The Balaban J connectivity index is 1.79. The van der Waals surface area contributed by atoms with Gasteiger partial charge in [0.05, 0.1) is 6.04 Å². The van der Waals surface area contributed by atoms with Gasteiger partial charge in [0.2, 0.25) is 0 Å². The van der Waals surface area contributed by atoms with Gasteiger partial charge in [0, 0.05) is 22.7 Å². The highest BCUT2D eigenvalue weighted by atomic mass is 35.5. The smallest absolute Gasteiger partial charge is 0.325 e. The molecule has 0 aromatic heterocycles. The maximum Gasteiger partial charge on any atom is 0.325 e. The molecular weight excluding hydrogens is 312 g/mol. The summed E-state index contributed by atoms with van der Waals surface area (Å²) in [5.74, 6) is 0.769. The van der Waals surface area contributed by atoms with Crippen LogP contribution in [0.15, 0.2) is 42.5 Å². The highest BCUT2D eigenvalue weighted by molar-refractivity contribution is 6.30. The molecule has 0 radical (unpaired) electrons. The van der Waals surface area contributed by atoms with Crippen molar-refractivity contribution in [2.45, 2.75) is 32.0 Å². The number of benzene rings is 2. The Kier molecular flexibility index (Phi) is 3.07. The summed E-state index contributed by atoms with van der Waals surface area (Å²) in [6.45, 7) is 3.98. The van der Waals surface area contributed by atoms with Crippen LogP contribution in [0.5, 0.6) is 5.75 Å². The number of fused-ring (bicyclic) bond motifs is 4. The zero-order valence-electron chi connectivity index (χ0n) is 13.0. The normalized spacial score (nSPS) is 25.4. The molecule has 2 heterocycles. The van der Waals surface area contributed by atoms with Crippen molar-refractivity contribution in [2.75, 3.05) is 4.90 Å². The summed E-state index contributed by atoms with van der Waals surface area (Å²) in [6, 6.07) is 13.2. The number of carbonyl (C=O) groups is 1. The first kappa shape index (κ1) is 14.4. The van der Waals surface area contributed by atoms with Crippen molar-refractivity contribution in [1.82, 2.24) is 5.32 Å². The van der Waals surface area contributed by atoms with Crippen LogP contribution >= 0.6 is 11.6 Å². The summed E-state index contributed by atoms with van der Waals surface area (Å²) >= 11 is 6.09. The largest absolute Gasteiger partial charge is 0.467 e. The standard InChI is InChI=1S/C18H17ClN2O2/c1-11-3-6-13(7-4-11)21-17(22)20-15-10-18(21,2)23-16-8-5-12(19)9-14(15)16/h3-9,15H,10H2,1-2H3,(H,20,22)/t15-,18+/m0/s1. The minimum Gasteiger partial charge on any atom is -0.467 e. The molecule has 2 amide bonds. The third-order valence-corrected chi connectivity index (χ3v) is 4.76. The number of rotatable bonds is 1. The molecule has 23 heavy (non-hydrogen) atoms. The van der Waals surface area contributed by atoms with E-state index in [1.54, 1.807) is 4.90 Å². The molecule has 2 bridgehead atoms. The molecule has 0 aliphatic carbocycles. The van der Waals surface area contributed by atoms with Crippen LogP contribution in [-0.2, 0) is 0 Å². The second-order valence-electron chi connectivity index (χ2n) is 6.34. The summed E-state index contributed by atoms with van der Waals surface area (Å²) in [7, 11) is 0. The van der Waals surface area contributed by atoms with E-state index in [4.69, 9.17) is 16.3 Å². The van der Waals surface area contributed by atoms with E-state index in [0.29, 0.717) is 11.4 Å². The molecule has 118 valence electrons. The van der Waals surface area contributed by atoms with Crippen LogP contribution in [0.2, 0.25) is 5.02 Å². The average Bonchev–Trinajstić information content (AvgIpc) is 2.49. The number of hydrogen-bond acceptors (Lipinski definition) is 2. The molecule has 2 aromatic carbocycles. The lowest BCUT2D eigenvalue weighted by molar-refractivity contribution is 0.0379. The molecule has 4 rings (SSSR count). The minimum absolute atomic E-state index is 0.0864. The number of amides is 2. The number of nitrogens with one attached hydrogen (secondary N) is 1. The van der Waals surface area contributed by atoms with Crippen molar-refractivity contribution >= 4 is 23.3 Å². The van der Waals surface area contributed by atoms with Gasteiger partial charge in [0.25, 0.3) is 0 Å². The number of aryl methyl sites for hydroxylation is 1. The molecule has 2 aliphatic rings. The SMILES string of the molecule is Cc1ccc(N2C(=O)N[C@H]3C[C@@]2(C)Oc2ccc(Cl)cc23)cc1. The van der Waals surface area contributed by atoms with E-state index in [1.807, 2.05) is 56.3 Å². The van der Waals surface area contributed by atoms with Crippen LogP contribution < -0.4 is 15.0 Å². The molecule has 2 aliphatic heterocycles. The Hall–Kier alpha value is -2.20. The van der Waals surface area contributed by atoms with Gasteiger partial charge in [0.1, 0.15) is 5.75 Å². The molecule has 2 aromatic rings. The number of carbonyl (C=O) groups excluding carboxylic acids is 1. The van der Waals surface area contributed by atoms with Gasteiger partial charge in [-0.2, -0.15) is 0 Å². The van der Waals surface area contributed by atoms with Crippen LogP contribution in [0, 0.1) is 6.92 Å². The number of hydrogen-bond donors (Lipinski definition) is 1. The number of nitrogens with zero attached hydrogens (tertiary/aromatic N) is 1. The summed E-state index contributed by atoms with van der Waals surface area (Å²) < 4.78 is 6.22. The van der Waals surface area contributed by atoms with Crippen molar-refractivity contribution in [1.29, 1.82) is 0 Å². The minimum atomic E-state index is -0.719. The van der Waals surface area contributed by atoms with Gasteiger partial charge >= 0.3 is 6.03 Å². The van der Waals surface area contributed by atoms with Gasteiger partial charge in [-0.15, -0.1) is 0 Å².